The molecule has 0 aromatic heterocycles. The van der Waals surface area contributed by atoms with Gasteiger partial charge in [-0.2, -0.15) is 0 Å². The fourth-order valence-electron chi connectivity index (χ4n) is 1.70. The molecule has 0 atom stereocenters. The molecule has 0 heterocycles. The lowest BCUT2D eigenvalue weighted by Crippen LogP contribution is -2.37. The van der Waals surface area contributed by atoms with E-state index in [0.29, 0.717) is 6.54 Å². The number of hydrogen-bond donors (Lipinski definition) is 1. The minimum absolute atomic E-state index is 0.0575. The monoisotopic (exact) mass is 301 g/mol. The molecule has 0 fully saturated rings. The van der Waals surface area contributed by atoms with E-state index < -0.39 is 15.3 Å². The molecule has 4 nitrogen and oxygen atoms in total. The number of halogens is 1. The fourth-order valence-corrected chi connectivity index (χ4v) is 2.25. The van der Waals surface area contributed by atoms with Crippen molar-refractivity contribution in [3.63, 3.8) is 0 Å². The van der Waals surface area contributed by atoms with Crippen LogP contribution in [0.15, 0.2) is 24.3 Å². The molecule has 1 aromatic carbocycles. The summed E-state index contributed by atoms with van der Waals surface area (Å²) in [6, 6.07) is 6.22. The Balaban J connectivity index is 2.57. The van der Waals surface area contributed by atoms with E-state index >= 15 is 0 Å². The van der Waals surface area contributed by atoms with Gasteiger partial charge >= 0.3 is 0 Å². The highest BCUT2D eigenvalue weighted by atomic mass is 32.2. The van der Waals surface area contributed by atoms with Gasteiger partial charge in [0.2, 0.25) is 5.91 Å². The van der Waals surface area contributed by atoms with Crippen LogP contribution in [0.1, 0.15) is 25.8 Å². The number of carbonyl (C=O) groups is 1. The van der Waals surface area contributed by atoms with Crippen LogP contribution in [0.4, 0.5) is 4.39 Å². The van der Waals surface area contributed by atoms with Gasteiger partial charge in [0, 0.05) is 24.6 Å². The highest BCUT2D eigenvalue weighted by Gasteiger charge is 2.22. The van der Waals surface area contributed by atoms with Crippen LogP contribution >= 0.6 is 0 Å². The zero-order valence-electron chi connectivity index (χ0n) is 11.9. The molecule has 0 bridgehead atoms. The number of hydrogen-bond acceptors (Lipinski definition) is 3. The molecule has 1 rings (SSSR count). The average molecular weight is 301 g/mol. The third kappa shape index (κ3) is 5.69. The van der Waals surface area contributed by atoms with Crippen molar-refractivity contribution in [2.45, 2.75) is 25.7 Å². The van der Waals surface area contributed by atoms with Crippen molar-refractivity contribution in [3.05, 3.63) is 35.6 Å². The van der Waals surface area contributed by atoms with Crippen molar-refractivity contribution in [1.82, 2.24) is 5.32 Å². The van der Waals surface area contributed by atoms with Gasteiger partial charge in [-0.25, -0.2) is 12.8 Å². The van der Waals surface area contributed by atoms with Gasteiger partial charge in [-0.1, -0.05) is 26.0 Å². The molecule has 0 spiro atoms. The quantitative estimate of drug-likeness (QED) is 0.869. The Morgan fingerprint density at radius 2 is 2.00 bits per heavy atom. The highest BCUT2D eigenvalue weighted by molar-refractivity contribution is 7.90. The minimum atomic E-state index is -3.14. The number of carbonyl (C=O) groups excluding carboxylic acids is 1. The van der Waals surface area contributed by atoms with Crippen LogP contribution in [0.2, 0.25) is 0 Å². The lowest BCUT2D eigenvalue weighted by molar-refractivity contribution is -0.120. The molecular weight excluding hydrogens is 281 g/mol. The molecular formula is C14H20FNO3S. The smallest absolute Gasteiger partial charge is 0.221 e. The first-order valence-electron chi connectivity index (χ1n) is 6.31. The molecule has 0 aliphatic rings. The van der Waals surface area contributed by atoms with Crippen molar-refractivity contribution in [2.75, 3.05) is 18.6 Å². The largest absolute Gasteiger partial charge is 0.355 e. The van der Waals surface area contributed by atoms with Crippen LogP contribution in [0, 0.1) is 5.82 Å². The van der Waals surface area contributed by atoms with Gasteiger partial charge in [0.05, 0.1) is 5.75 Å². The summed E-state index contributed by atoms with van der Waals surface area (Å²) in [5, 5.41) is 2.69. The predicted octanol–water partition coefficient (Wildman–Crippen LogP) is 1.65. The van der Waals surface area contributed by atoms with Gasteiger partial charge in [-0.15, -0.1) is 0 Å². The second kappa shape index (κ2) is 6.35. The SMILES string of the molecule is CC(C)(CNC(=O)CCS(C)(=O)=O)c1cccc(F)c1. The van der Waals surface area contributed by atoms with Crippen LogP contribution in [0.5, 0.6) is 0 Å². The van der Waals surface area contributed by atoms with Crippen molar-refractivity contribution in [3.8, 4) is 0 Å². The van der Waals surface area contributed by atoms with E-state index in [4.69, 9.17) is 0 Å². The molecule has 0 saturated heterocycles. The van der Waals surface area contributed by atoms with E-state index in [1.54, 1.807) is 12.1 Å². The third-order valence-corrected chi connectivity index (χ3v) is 3.98. The zero-order valence-corrected chi connectivity index (χ0v) is 12.8. The molecule has 0 aliphatic carbocycles. The summed E-state index contributed by atoms with van der Waals surface area (Å²) in [5.74, 6) is -0.807. The normalized spacial score (nSPS) is 12.2. The average Bonchev–Trinajstić information content (AvgIpc) is 2.33. The van der Waals surface area contributed by atoms with E-state index in [9.17, 15) is 17.6 Å². The van der Waals surface area contributed by atoms with Gasteiger partial charge in [0.25, 0.3) is 0 Å². The van der Waals surface area contributed by atoms with E-state index in [0.717, 1.165) is 11.8 Å². The van der Waals surface area contributed by atoms with Gasteiger partial charge in [-0.05, 0) is 17.7 Å². The summed E-state index contributed by atoms with van der Waals surface area (Å²) in [6.07, 6.45) is 1.04. The molecule has 112 valence electrons. The van der Waals surface area contributed by atoms with E-state index in [-0.39, 0.29) is 23.9 Å². The topological polar surface area (TPSA) is 63.2 Å². The molecule has 0 aliphatic heterocycles. The van der Waals surface area contributed by atoms with Gasteiger partial charge in [0.15, 0.2) is 0 Å². The van der Waals surface area contributed by atoms with Crippen molar-refractivity contribution < 1.29 is 17.6 Å². The van der Waals surface area contributed by atoms with Gasteiger partial charge in [-0.3, -0.25) is 4.79 Å². The zero-order chi connectivity index (χ0) is 15.4. The van der Waals surface area contributed by atoms with Crippen LogP contribution in [0.3, 0.4) is 0 Å². The molecule has 1 N–H and O–H groups in total. The van der Waals surface area contributed by atoms with E-state index in [2.05, 4.69) is 5.32 Å². The van der Waals surface area contributed by atoms with Crippen LogP contribution in [0.25, 0.3) is 0 Å². The van der Waals surface area contributed by atoms with Crippen LogP contribution in [-0.2, 0) is 20.0 Å². The number of nitrogens with one attached hydrogen (secondary N) is 1. The lowest BCUT2D eigenvalue weighted by Gasteiger charge is -2.25. The maximum atomic E-state index is 13.2. The van der Waals surface area contributed by atoms with Crippen molar-refractivity contribution >= 4 is 15.7 Å². The Morgan fingerprint density at radius 1 is 1.35 bits per heavy atom. The summed E-state index contributed by atoms with van der Waals surface area (Å²) in [7, 11) is -3.14. The predicted molar refractivity (Wildman–Crippen MR) is 76.8 cm³/mol. The second-order valence-electron chi connectivity index (χ2n) is 5.55. The lowest BCUT2D eigenvalue weighted by atomic mass is 9.84. The number of sulfone groups is 1. The van der Waals surface area contributed by atoms with Crippen LogP contribution < -0.4 is 5.32 Å². The Kier molecular flexibility index (Phi) is 5.28. The second-order valence-corrected chi connectivity index (χ2v) is 7.81. The summed E-state index contributed by atoms with van der Waals surface area (Å²) >= 11 is 0. The van der Waals surface area contributed by atoms with Gasteiger partial charge in [0.1, 0.15) is 15.7 Å². The summed E-state index contributed by atoms with van der Waals surface area (Å²) in [5.41, 5.74) is 0.351. The Labute approximate surface area is 119 Å². The number of amides is 1. The van der Waals surface area contributed by atoms with E-state index in [1.165, 1.54) is 12.1 Å². The molecule has 0 saturated carbocycles. The molecule has 0 radical (unpaired) electrons. The minimum Gasteiger partial charge on any atom is -0.355 e. The molecule has 1 aromatic rings. The Morgan fingerprint density at radius 3 is 2.55 bits per heavy atom. The third-order valence-electron chi connectivity index (χ3n) is 3.03. The first-order valence-corrected chi connectivity index (χ1v) is 8.37. The highest BCUT2D eigenvalue weighted by Crippen LogP contribution is 2.22. The molecule has 1 amide bonds. The summed E-state index contributed by atoms with van der Waals surface area (Å²) < 4.78 is 35.1. The standard InChI is InChI=1S/C14H20FNO3S/c1-14(2,11-5-4-6-12(15)9-11)10-16-13(17)7-8-20(3,18)19/h4-6,9H,7-8,10H2,1-3H3,(H,16,17). The van der Waals surface area contributed by atoms with Gasteiger partial charge < -0.3 is 5.32 Å². The Bertz CT molecular complexity index is 582. The summed E-state index contributed by atoms with van der Waals surface area (Å²) in [6.45, 7) is 4.09. The molecule has 20 heavy (non-hydrogen) atoms. The van der Waals surface area contributed by atoms with Crippen molar-refractivity contribution in [2.24, 2.45) is 0 Å². The van der Waals surface area contributed by atoms with Crippen molar-refractivity contribution in [1.29, 1.82) is 0 Å². The Hall–Kier alpha value is -1.43. The first-order chi connectivity index (χ1) is 9.10. The molecule has 6 heteroatoms. The maximum absolute atomic E-state index is 13.2. The first kappa shape index (κ1) is 16.6. The fraction of sp³-hybridized carbons (Fsp3) is 0.500. The number of rotatable bonds is 6. The number of benzene rings is 1. The summed E-state index contributed by atoms with van der Waals surface area (Å²) in [4.78, 5) is 11.6. The van der Waals surface area contributed by atoms with E-state index in [1.807, 2.05) is 13.8 Å². The van der Waals surface area contributed by atoms with Crippen LogP contribution in [-0.4, -0.2) is 32.9 Å². The maximum Gasteiger partial charge on any atom is 0.221 e. The molecule has 0 unspecified atom stereocenters.